The summed E-state index contributed by atoms with van der Waals surface area (Å²) in [6.07, 6.45) is 8.02. The van der Waals surface area contributed by atoms with Crippen LogP contribution in [0, 0.1) is 0 Å². The molecule has 0 saturated carbocycles. The third kappa shape index (κ3) is 4.91. The molecule has 0 unspecified atom stereocenters. The molecule has 0 aromatic heterocycles. The summed E-state index contributed by atoms with van der Waals surface area (Å²) in [5.74, 6) is 0. The summed E-state index contributed by atoms with van der Waals surface area (Å²) in [6, 6.07) is 0.832. The van der Waals surface area contributed by atoms with E-state index in [4.69, 9.17) is 0 Å². The Kier molecular flexibility index (Phi) is 6.47. The lowest BCUT2D eigenvalue weighted by molar-refractivity contribution is 0.116. The van der Waals surface area contributed by atoms with Crippen LogP contribution < -0.4 is 4.72 Å². The number of nitrogens with zero attached hydrogens (tertiary/aromatic N) is 2. The Hall–Kier alpha value is -0.170. The van der Waals surface area contributed by atoms with Gasteiger partial charge >= 0.3 is 0 Å². The van der Waals surface area contributed by atoms with Crippen molar-refractivity contribution in [3.63, 3.8) is 0 Å². The molecule has 0 aromatic carbocycles. The minimum absolute atomic E-state index is 0.266. The van der Waals surface area contributed by atoms with Gasteiger partial charge in [0.1, 0.15) is 0 Å². The predicted octanol–water partition coefficient (Wildman–Crippen LogP) is 1.96. The minimum Gasteiger partial charge on any atom is -0.297 e. The second-order valence-corrected chi connectivity index (χ2v) is 8.35. The van der Waals surface area contributed by atoms with Crippen molar-refractivity contribution in [1.29, 1.82) is 0 Å². The van der Waals surface area contributed by atoms with E-state index >= 15 is 0 Å². The van der Waals surface area contributed by atoms with E-state index < -0.39 is 10.2 Å². The molecule has 0 radical (unpaired) electrons. The van der Waals surface area contributed by atoms with Crippen LogP contribution in [0.5, 0.6) is 0 Å². The van der Waals surface area contributed by atoms with Crippen molar-refractivity contribution in [3.8, 4) is 0 Å². The van der Waals surface area contributed by atoms with Crippen LogP contribution >= 0.6 is 0 Å². The Labute approximate surface area is 130 Å². The zero-order valence-corrected chi connectivity index (χ0v) is 14.4. The van der Waals surface area contributed by atoms with E-state index in [0.717, 1.165) is 32.2 Å². The summed E-state index contributed by atoms with van der Waals surface area (Å²) in [5, 5.41) is 0. The maximum atomic E-state index is 12.4. The molecule has 6 heteroatoms. The van der Waals surface area contributed by atoms with Gasteiger partial charge in [-0.3, -0.25) is 4.90 Å². The molecule has 2 rings (SSSR count). The molecule has 1 N–H and O–H groups in total. The first-order valence-electron chi connectivity index (χ1n) is 8.51. The first-order valence-corrected chi connectivity index (χ1v) is 9.95. The van der Waals surface area contributed by atoms with Gasteiger partial charge < -0.3 is 0 Å². The van der Waals surface area contributed by atoms with Gasteiger partial charge in [0, 0.05) is 31.7 Å². The van der Waals surface area contributed by atoms with Gasteiger partial charge in [0.05, 0.1) is 0 Å². The normalized spacial score (nSPS) is 28.2. The Morgan fingerprint density at radius 1 is 1.05 bits per heavy atom. The molecule has 2 fully saturated rings. The standard InChI is InChI=1S/C15H31N3O2S/c1-14-9-5-8-12-18(14)15(2)13-16-21(19,20)17-10-6-3-4-7-11-17/h14-16H,3-13H2,1-2H3/t14-,15+/m0/s1. The molecule has 0 aliphatic carbocycles. The van der Waals surface area contributed by atoms with Crippen LogP contribution in [-0.4, -0.2) is 55.9 Å². The van der Waals surface area contributed by atoms with Gasteiger partial charge in [-0.05, 0) is 46.1 Å². The Balaban J connectivity index is 1.85. The quantitative estimate of drug-likeness (QED) is 0.843. The molecule has 0 bridgehead atoms. The highest BCUT2D eigenvalue weighted by Crippen LogP contribution is 2.19. The molecule has 0 aromatic rings. The molecule has 2 aliphatic rings. The second kappa shape index (κ2) is 7.90. The van der Waals surface area contributed by atoms with Crippen LogP contribution in [0.4, 0.5) is 0 Å². The number of likely N-dealkylation sites (tertiary alicyclic amines) is 1. The summed E-state index contributed by atoms with van der Waals surface area (Å²) < 4.78 is 29.3. The summed E-state index contributed by atoms with van der Waals surface area (Å²) in [5.41, 5.74) is 0. The molecule has 2 aliphatic heterocycles. The van der Waals surface area contributed by atoms with Crippen LogP contribution in [0.15, 0.2) is 0 Å². The molecule has 2 saturated heterocycles. The Morgan fingerprint density at radius 3 is 2.29 bits per heavy atom. The summed E-state index contributed by atoms with van der Waals surface area (Å²) >= 11 is 0. The fourth-order valence-corrected chi connectivity index (χ4v) is 4.86. The number of hydrogen-bond donors (Lipinski definition) is 1. The average molecular weight is 317 g/mol. The van der Waals surface area contributed by atoms with E-state index in [1.807, 2.05) is 0 Å². The van der Waals surface area contributed by atoms with Crippen molar-refractivity contribution >= 4 is 10.2 Å². The van der Waals surface area contributed by atoms with Crippen molar-refractivity contribution < 1.29 is 8.42 Å². The Bertz CT molecular complexity index is 405. The van der Waals surface area contributed by atoms with Gasteiger partial charge in [-0.25, -0.2) is 4.72 Å². The van der Waals surface area contributed by atoms with Crippen molar-refractivity contribution in [2.75, 3.05) is 26.2 Å². The highest BCUT2D eigenvalue weighted by atomic mass is 32.2. The first kappa shape index (κ1) is 17.2. The van der Waals surface area contributed by atoms with Gasteiger partial charge in [0.15, 0.2) is 0 Å². The summed E-state index contributed by atoms with van der Waals surface area (Å²) in [7, 11) is -3.30. The van der Waals surface area contributed by atoms with Gasteiger partial charge in [-0.2, -0.15) is 12.7 Å². The maximum Gasteiger partial charge on any atom is 0.279 e. The third-order valence-electron chi connectivity index (χ3n) is 4.89. The van der Waals surface area contributed by atoms with E-state index in [1.165, 1.54) is 19.3 Å². The van der Waals surface area contributed by atoms with E-state index in [-0.39, 0.29) is 6.04 Å². The molecule has 0 spiro atoms. The van der Waals surface area contributed by atoms with Gasteiger partial charge in [0.2, 0.25) is 0 Å². The monoisotopic (exact) mass is 317 g/mol. The summed E-state index contributed by atoms with van der Waals surface area (Å²) in [6.45, 7) is 7.33. The second-order valence-electron chi connectivity index (χ2n) is 6.60. The number of piperidine rings is 1. The molecule has 124 valence electrons. The molecule has 5 nitrogen and oxygen atoms in total. The number of nitrogens with one attached hydrogen (secondary N) is 1. The van der Waals surface area contributed by atoms with E-state index in [9.17, 15) is 8.42 Å². The summed E-state index contributed by atoms with van der Waals surface area (Å²) in [4.78, 5) is 2.44. The van der Waals surface area contributed by atoms with Gasteiger partial charge in [-0.15, -0.1) is 0 Å². The largest absolute Gasteiger partial charge is 0.297 e. The number of rotatable bonds is 5. The highest BCUT2D eigenvalue weighted by Gasteiger charge is 2.26. The SMILES string of the molecule is C[C@H](CNS(=O)(=O)N1CCCCCC1)N1CCCC[C@@H]1C. The lowest BCUT2D eigenvalue weighted by Crippen LogP contribution is -2.50. The van der Waals surface area contributed by atoms with Crippen LogP contribution in [0.25, 0.3) is 0 Å². The topological polar surface area (TPSA) is 52.7 Å². The molecular weight excluding hydrogens is 286 g/mol. The molecule has 2 atom stereocenters. The van der Waals surface area contributed by atoms with Gasteiger partial charge in [0.25, 0.3) is 10.2 Å². The molecular formula is C15H31N3O2S. The number of hydrogen-bond acceptors (Lipinski definition) is 3. The van der Waals surface area contributed by atoms with E-state index in [0.29, 0.717) is 25.7 Å². The van der Waals surface area contributed by atoms with Crippen LogP contribution in [-0.2, 0) is 10.2 Å². The van der Waals surface area contributed by atoms with Crippen molar-refractivity contribution in [3.05, 3.63) is 0 Å². The average Bonchev–Trinajstić information content (AvgIpc) is 2.75. The zero-order chi connectivity index (χ0) is 15.3. The van der Waals surface area contributed by atoms with Crippen molar-refractivity contribution in [1.82, 2.24) is 13.9 Å². The Morgan fingerprint density at radius 2 is 1.67 bits per heavy atom. The lowest BCUT2D eigenvalue weighted by atomic mass is 10.0. The molecule has 0 amide bonds. The molecule has 2 heterocycles. The van der Waals surface area contributed by atoms with E-state index in [1.54, 1.807) is 4.31 Å². The minimum atomic E-state index is -3.30. The van der Waals surface area contributed by atoms with E-state index in [2.05, 4.69) is 23.5 Å². The maximum absolute atomic E-state index is 12.4. The van der Waals surface area contributed by atoms with Crippen molar-refractivity contribution in [2.45, 2.75) is 70.9 Å². The highest BCUT2D eigenvalue weighted by molar-refractivity contribution is 7.87. The fraction of sp³-hybridized carbons (Fsp3) is 1.00. The molecule has 21 heavy (non-hydrogen) atoms. The van der Waals surface area contributed by atoms with Crippen LogP contribution in [0.1, 0.15) is 58.8 Å². The smallest absolute Gasteiger partial charge is 0.279 e. The third-order valence-corrected chi connectivity index (χ3v) is 6.46. The fourth-order valence-electron chi connectivity index (χ4n) is 3.49. The first-order chi connectivity index (χ1) is 10.0. The zero-order valence-electron chi connectivity index (χ0n) is 13.6. The van der Waals surface area contributed by atoms with Crippen LogP contribution in [0.2, 0.25) is 0 Å². The van der Waals surface area contributed by atoms with Gasteiger partial charge in [-0.1, -0.05) is 19.3 Å². The predicted molar refractivity (Wildman–Crippen MR) is 86.4 cm³/mol. The van der Waals surface area contributed by atoms with Crippen molar-refractivity contribution in [2.24, 2.45) is 0 Å². The lowest BCUT2D eigenvalue weighted by Gasteiger charge is -2.38. The van der Waals surface area contributed by atoms with Crippen LogP contribution in [0.3, 0.4) is 0 Å².